The predicted octanol–water partition coefficient (Wildman–Crippen LogP) is 3.33. The average Bonchev–Trinajstić information content (AvgIpc) is 2.97. The molecule has 3 aromatic rings. The second-order valence-electron chi connectivity index (χ2n) is 5.89. The van der Waals surface area contributed by atoms with Gasteiger partial charge in [0.1, 0.15) is 4.90 Å². The van der Waals surface area contributed by atoms with Crippen molar-refractivity contribution in [1.29, 1.82) is 0 Å². The number of H-pyrrole nitrogens is 1. The standard InChI is InChI=1S/C17H13F3N2O2S/c18-12-5-6-15(17(20)16(12)19)25(23,24)22-8-7-14-11(9-22)10-3-1-2-4-13(10)21-14/h1-6,21H,7-9H2. The van der Waals surface area contributed by atoms with Gasteiger partial charge in [-0.3, -0.25) is 0 Å². The highest BCUT2D eigenvalue weighted by Crippen LogP contribution is 2.31. The molecule has 0 fully saturated rings. The van der Waals surface area contributed by atoms with E-state index in [4.69, 9.17) is 0 Å². The molecule has 0 aliphatic carbocycles. The predicted molar refractivity (Wildman–Crippen MR) is 85.9 cm³/mol. The minimum absolute atomic E-state index is 0.0418. The van der Waals surface area contributed by atoms with Gasteiger partial charge in [0.25, 0.3) is 0 Å². The molecule has 0 bridgehead atoms. The third-order valence-electron chi connectivity index (χ3n) is 4.47. The van der Waals surface area contributed by atoms with E-state index in [0.29, 0.717) is 12.5 Å². The molecule has 8 heteroatoms. The number of nitrogens with zero attached hydrogens (tertiary/aromatic N) is 1. The van der Waals surface area contributed by atoms with Crippen molar-refractivity contribution in [3.8, 4) is 0 Å². The van der Waals surface area contributed by atoms with E-state index in [2.05, 4.69) is 4.98 Å². The van der Waals surface area contributed by atoms with Gasteiger partial charge in [-0.15, -0.1) is 0 Å². The Morgan fingerprint density at radius 1 is 1.00 bits per heavy atom. The molecule has 4 rings (SSSR count). The van der Waals surface area contributed by atoms with Crippen LogP contribution in [-0.2, 0) is 23.0 Å². The van der Waals surface area contributed by atoms with Crippen LogP contribution in [0.25, 0.3) is 10.9 Å². The molecule has 0 radical (unpaired) electrons. The number of halogens is 3. The number of rotatable bonds is 2. The molecule has 0 atom stereocenters. The summed E-state index contributed by atoms with van der Waals surface area (Å²) in [6, 6.07) is 8.86. The molecule has 0 spiro atoms. The van der Waals surface area contributed by atoms with E-state index in [-0.39, 0.29) is 13.1 Å². The maximum atomic E-state index is 14.0. The fourth-order valence-electron chi connectivity index (χ4n) is 3.19. The van der Waals surface area contributed by atoms with Crippen molar-refractivity contribution in [1.82, 2.24) is 9.29 Å². The molecule has 0 unspecified atom stereocenters. The molecule has 1 aliphatic rings. The molecule has 2 heterocycles. The van der Waals surface area contributed by atoms with Gasteiger partial charge in [0.05, 0.1) is 0 Å². The molecule has 25 heavy (non-hydrogen) atoms. The van der Waals surface area contributed by atoms with Gasteiger partial charge in [-0.05, 0) is 23.8 Å². The highest BCUT2D eigenvalue weighted by Gasteiger charge is 2.33. The third-order valence-corrected chi connectivity index (χ3v) is 6.33. The van der Waals surface area contributed by atoms with Crippen molar-refractivity contribution in [2.24, 2.45) is 0 Å². The van der Waals surface area contributed by atoms with Crippen LogP contribution >= 0.6 is 0 Å². The third kappa shape index (κ3) is 2.44. The summed E-state index contributed by atoms with van der Waals surface area (Å²) in [6.45, 7) is 0.167. The first-order valence-electron chi connectivity index (χ1n) is 7.61. The van der Waals surface area contributed by atoms with E-state index in [1.807, 2.05) is 24.3 Å². The molecule has 4 nitrogen and oxygen atoms in total. The number of sulfonamides is 1. The Morgan fingerprint density at radius 3 is 2.56 bits per heavy atom. The monoisotopic (exact) mass is 366 g/mol. The van der Waals surface area contributed by atoms with Crippen LogP contribution in [0, 0.1) is 17.5 Å². The van der Waals surface area contributed by atoms with Gasteiger partial charge in [0.2, 0.25) is 10.0 Å². The molecular formula is C17H13F3N2O2S. The highest BCUT2D eigenvalue weighted by molar-refractivity contribution is 7.89. The quantitative estimate of drug-likeness (QED) is 0.708. The van der Waals surface area contributed by atoms with Crippen molar-refractivity contribution in [3.63, 3.8) is 0 Å². The SMILES string of the molecule is O=S(=O)(c1ccc(F)c(F)c1F)N1CCc2[nH]c3ccccc3c2C1. The van der Waals surface area contributed by atoms with Crippen molar-refractivity contribution in [2.75, 3.05) is 6.54 Å². The Morgan fingerprint density at radius 2 is 1.76 bits per heavy atom. The van der Waals surface area contributed by atoms with Crippen LogP contribution in [0.5, 0.6) is 0 Å². The average molecular weight is 366 g/mol. The highest BCUT2D eigenvalue weighted by atomic mass is 32.2. The lowest BCUT2D eigenvalue weighted by Gasteiger charge is -2.26. The Bertz CT molecular complexity index is 1090. The molecule has 0 saturated carbocycles. The maximum absolute atomic E-state index is 14.0. The van der Waals surface area contributed by atoms with Gasteiger partial charge in [-0.2, -0.15) is 4.31 Å². The van der Waals surface area contributed by atoms with Gasteiger partial charge < -0.3 is 4.98 Å². The summed E-state index contributed by atoms with van der Waals surface area (Å²) >= 11 is 0. The van der Waals surface area contributed by atoms with Crippen LogP contribution in [0.15, 0.2) is 41.3 Å². The summed E-state index contributed by atoms with van der Waals surface area (Å²) in [5, 5.41) is 0.892. The van der Waals surface area contributed by atoms with Gasteiger partial charge in [-0.1, -0.05) is 18.2 Å². The Hall–Kier alpha value is -2.32. The number of fused-ring (bicyclic) bond motifs is 3. The summed E-state index contributed by atoms with van der Waals surface area (Å²) in [7, 11) is -4.28. The Balaban J connectivity index is 1.77. The van der Waals surface area contributed by atoms with Crippen LogP contribution in [-0.4, -0.2) is 24.3 Å². The van der Waals surface area contributed by atoms with Crippen LogP contribution < -0.4 is 0 Å². The normalized spacial score (nSPS) is 15.5. The molecule has 1 aliphatic heterocycles. The lowest BCUT2D eigenvalue weighted by atomic mass is 10.1. The van der Waals surface area contributed by atoms with E-state index in [0.717, 1.165) is 32.5 Å². The number of aromatic amines is 1. The molecular weight excluding hydrogens is 353 g/mol. The van der Waals surface area contributed by atoms with E-state index >= 15 is 0 Å². The largest absolute Gasteiger partial charge is 0.358 e. The van der Waals surface area contributed by atoms with E-state index in [1.165, 1.54) is 0 Å². The summed E-state index contributed by atoms with van der Waals surface area (Å²) in [4.78, 5) is 2.40. The van der Waals surface area contributed by atoms with Crippen LogP contribution in [0.3, 0.4) is 0 Å². The van der Waals surface area contributed by atoms with Gasteiger partial charge >= 0.3 is 0 Å². The summed E-state index contributed by atoms with van der Waals surface area (Å²) < 4.78 is 67.1. The Kier molecular flexibility index (Phi) is 3.62. The van der Waals surface area contributed by atoms with E-state index in [1.54, 1.807) is 0 Å². The minimum atomic E-state index is -4.28. The molecule has 1 N–H and O–H groups in total. The first-order valence-corrected chi connectivity index (χ1v) is 9.05. The summed E-state index contributed by atoms with van der Waals surface area (Å²) in [5.41, 5.74) is 2.64. The van der Waals surface area contributed by atoms with Crippen molar-refractivity contribution < 1.29 is 21.6 Å². The number of aromatic nitrogens is 1. The van der Waals surface area contributed by atoms with E-state index < -0.39 is 32.4 Å². The van der Waals surface area contributed by atoms with Crippen LogP contribution in [0.4, 0.5) is 13.2 Å². The fourth-order valence-corrected chi connectivity index (χ4v) is 4.66. The second kappa shape index (κ2) is 5.60. The zero-order valence-corrected chi connectivity index (χ0v) is 13.7. The first kappa shape index (κ1) is 16.2. The van der Waals surface area contributed by atoms with Gasteiger partial charge in [-0.25, -0.2) is 21.6 Å². The van der Waals surface area contributed by atoms with Crippen molar-refractivity contribution in [2.45, 2.75) is 17.9 Å². The van der Waals surface area contributed by atoms with Gasteiger partial charge in [0, 0.05) is 36.1 Å². The number of hydrogen-bond acceptors (Lipinski definition) is 2. The summed E-state index contributed by atoms with van der Waals surface area (Å²) in [5.74, 6) is -4.90. The lowest BCUT2D eigenvalue weighted by Crippen LogP contribution is -2.36. The first-order chi connectivity index (χ1) is 11.9. The summed E-state index contributed by atoms with van der Waals surface area (Å²) in [6.07, 6.45) is 0.425. The number of hydrogen-bond donors (Lipinski definition) is 1. The fraction of sp³-hybridized carbons (Fsp3) is 0.176. The molecule has 130 valence electrons. The number of nitrogens with one attached hydrogen (secondary N) is 1. The van der Waals surface area contributed by atoms with Crippen molar-refractivity contribution in [3.05, 3.63) is 65.1 Å². The zero-order valence-electron chi connectivity index (χ0n) is 12.9. The smallest absolute Gasteiger partial charge is 0.246 e. The number of benzene rings is 2. The second-order valence-corrected chi connectivity index (χ2v) is 7.80. The van der Waals surface area contributed by atoms with Crippen LogP contribution in [0.1, 0.15) is 11.3 Å². The minimum Gasteiger partial charge on any atom is -0.358 e. The molecule has 1 aromatic heterocycles. The maximum Gasteiger partial charge on any atom is 0.246 e. The number of para-hydroxylation sites is 1. The van der Waals surface area contributed by atoms with Gasteiger partial charge in [0.15, 0.2) is 17.5 Å². The van der Waals surface area contributed by atoms with Crippen LogP contribution in [0.2, 0.25) is 0 Å². The lowest BCUT2D eigenvalue weighted by molar-refractivity contribution is 0.382. The van der Waals surface area contributed by atoms with Crippen molar-refractivity contribution >= 4 is 20.9 Å². The topological polar surface area (TPSA) is 53.2 Å². The molecule has 0 saturated heterocycles. The van der Waals surface area contributed by atoms with E-state index in [9.17, 15) is 21.6 Å². The Labute approximate surface area is 141 Å². The molecule has 2 aromatic carbocycles. The zero-order chi connectivity index (χ0) is 17.8. The molecule has 0 amide bonds.